The summed E-state index contributed by atoms with van der Waals surface area (Å²) < 4.78 is 0.968. The van der Waals surface area contributed by atoms with Crippen LogP contribution in [0.2, 0.25) is 0 Å². The molecule has 0 aliphatic rings. The first-order chi connectivity index (χ1) is 5.57. The average molecular weight is 277 g/mol. The van der Waals surface area contributed by atoms with Crippen LogP contribution in [0.1, 0.15) is 27.2 Å². The van der Waals surface area contributed by atoms with E-state index in [1.807, 2.05) is 6.21 Å². The average Bonchev–Trinajstić information content (AvgIpc) is 1.96. The molecule has 68 valence electrons. The van der Waals surface area contributed by atoms with E-state index in [0.717, 1.165) is 15.7 Å². The number of aliphatic imine (C=N–C) groups is 1. The molecule has 1 nitrogen and oxygen atoms in total. The van der Waals surface area contributed by atoms with Crippen molar-refractivity contribution in [1.29, 1.82) is 0 Å². The van der Waals surface area contributed by atoms with Gasteiger partial charge in [0.2, 0.25) is 0 Å². The fourth-order valence-corrected chi connectivity index (χ4v) is 0.930. The van der Waals surface area contributed by atoms with Crippen molar-refractivity contribution in [3.63, 3.8) is 0 Å². The van der Waals surface area contributed by atoms with Crippen LogP contribution in [0.15, 0.2) is 26.9 Å². The third-order valence-electron chi connectivity index (χ3n) is 1.36. The minimum absolute atomic E-state index is 0.497. The molecule has 0 aromatic carbocycles. The second-order valence-corrected chi connectivity index (χ2v) is 4.28. The molecule has 0 rings (SSSR count). The number of halogens is 1. The summed E-state index contributed by atoms with van der Waals surface area (Å²) in [5, 5.41) is 0. The van der Waals surface area contributed by atoms with Crippen LogP contribution in [0.25, 0.3) is 0 Å². The van der Waals surface area contributed by atoms with E-state index < -0.39 is 0 Å². The molecule has 0 fully saturated rings. The Labute approximate surface area is 88.8 Å². The van der Waals surface area contributed by atoms with Gasteiger partial charge in [-0.05, 0) is 34.9 Å². The topological polar surface area (TPSA) is 12.4 Å². The summed E-state index contributed by atoms with van der Waals surface area (Å²) >= 11 is 2.16. The summed E-state index contributed by atoms with van der Waals surface area (Å²) in [5.41, 5.74) is 1.15. The summed E-state index contributed by atoms with van der Waals surface area (Å²) in [4.78, 5) is 4.34. The zero-order valence-corrected chi connectivity index (χ0v) is 10.1. The van der Waals surface area contributed by atoms with Gasteiger partial charge in [0.1, 0.15) is 0 Å². The Bertz CT molecular complexity index is 202. The highest BCUT2D eigenvalue weighted by Crippen LogP contribution is 2.12. The molecule has 12 heavy (non-hydrogen) atoms. The molecule has 0 radical (unpaired) electrons. The SMILES string of the molecule is C=C(I)C=N/C(=C/CC)C(C)C. The number of allylic oxidation sites excluding steroid dienone is 3. The van der Waals surface area contributed by atoms with E-state index in [9.17, 15) is 0 Å². The summed E-state index contributed by atoms with van der Waals surface area (Å²) in [7, 11) is 0. The number of nitrogens with zero attached hydrogens (tertiary/aromatic N) is 1. The number of rotatable bonds is 4. The standard InChI is InChI=1S/C10H16IN/c1-5-6-10(8(2)3)12-7-9(4)11/h6-8H,4-5H2,1-3H3/b10-6+,12-7?. The van der Waals surface area contributed by atoms with Gasteiger partial charge >= 0.3 is 0 Å². The smallest absolute Gasteiger partial charge is 0.0398 e. The lowest BCUT2D eigenvalue weighted by Gasteiger charge is -2.04. The molecule has 0 aromatic heterocycles. The van der Waals surface area contributed by atoms with Gasteiger partial charge in [0.25, 0.3) is 0 Å². The van der Waals surface area contributed by atoms with Gasteiger partial charge in [0.05, 0.1) is 0 Å². The third-order valence-corrected chi connectivity index (χ3v) is 1.64. The van der Waals surface area contributed by atoms with Crippen molar-refractivity contribution < 1.29 is 0 Å². The molecular weight excluding hydrogens is 261 g/mol. The first-order valence-corrected chi connectivity index (χ1v) is 5.24. The van der Waals surface area contributed by atoms with Crippen molar-refractivity contribution in [3.05, 3.63) is 21.9 Å². The molecule has 0 atom stereocenters. The van der Waals surface area contributed by atoms with E-state index >= 15 is 0 Å². The van der Waals surface area contributed by atoms with Gasteiger partial charge in [0, 0.05) is 15.5 Å². The monoisotopic (exact) mass is 277 g/mol. The molecule has 0 unspecified atom stereocenters. The van der Waals surface area contributed by atoms with Crippen LogP contribution >= 0.6 is 22.6 Å². The van der Waals surface area contributed by atoms with Gasteiger partial charge in [-0.3, -0.25) is 4.99 Å². The van der Waals surface area contributed by atoms with E-state index in [-0.39, 0.29) is 0 Å². The molecule has 0 bridgehead atoms. The number of hydrogen-bond acceptors (Lipinski definition) is 1. The Hall–Kier alpha value is -0.120. The first kappa shape index (κ1) is 11.9. The van der Waals surface area contributed by atoms with E-state index in [0.29, 0.717) is 5.92 Å². The number of hydrogen-bond donors (Lipinski definition) is 0. The zero-order valence-electron chi connectivity index (χ0n) is 7.97. The van der Waals surface area contributed by atoms with Crippen LogP contribution in [0.3, 0.4) is 0 Å². The van der Waals surface area contributed by atoms with Crippen molar-refractivity contribution in [3.8, 4) is 0 Å². The molecule has 0 aromatic rings. The molecular formula is C10H16IN. The Kier molecular flexibility index (Phi) is 6.34. The molecule has 2 heteroatoms. The Morgan fingerprint density at radius 3 is 2.50 bits per heavy atom. The molecule has 0 aliphatic heterocycles. The molecule has 0 spiro atoms. The fraction of sp³-hybridized carbons (Fsp3) is 0.500. The van der Waals surface area contributed by atoms with Gasteiger partial charge in [-0.15, -0.1) is 0 Å². The molecule has 0 heterocycles. The second kappa shape index (κ2) is 6.40. The van der Waals surface area contributed by atoms with Crippen LogP contribution in [-0.2, 0) is 0 Å². The van der Waals surface area contributed by atoms with E-state index in [1.54, 1.807) is 0 Å². The van der Waals surface area contributed by atoms with Gasteiger partial charge in [-0.2, -0.15) is 0 Å². The minimum Gasteiger partial charge on any atom is -0.260 e. The van der Waals surface area contributed by atoms with E-state index in [4.69, 9.17) is 0 Å². The Morgan fingerprint density at radius 1 is 1.58 bits per heavy atom. The Balaban J connectivity index is 4.34. The van der Waals surface area contributed by atoms with Gasteiger partial charge in [-0.25, -0.2) is 0 Å². The lowest BCUT2D eigenvalue weighted by atomic mass is 10.1. The highest BCUT2D eigenvalue weighted by molar-refractivity contribution is 14.1. The summed E-state index contributed by atoms with van der Waals surface area (Å²) in [5.74, 6) is 0.497. The predicted octanol–water partition coefficient (Wildman–Crippen LogP) is 3.96. The summed E-state index contributed by atoms with van der Waals surface area (Å²) in [6, 6.07) is 0. The molecule has 0 saturated carbocycles. The van der Waals surface area contributed by atoms with Crippen LogP contribution in [0, 0.1) is 5.92 Å². The maximum atomic E-state index is 4.34. The lowest BCUT2D eigenvalue weighted by molar-refractivity contribution is 0.753. The summed E-state index contributed by atoms with van der Waals surface area (Å²) in [6.07, 6.45) is 5.00. The normalized spacial score (nSPS) is 12.9. The van der Waals surface area contributed by atoms with Crippen LogP contribution in [0.5, 0.6) is 0 Å². The lowest BCUT2D eigenvalue weighted by Crippen LogP contribution is -1.91. The van der Waals surface area contributed by atoms with Gasteiger partial charge < -0.3 is 0 Å². The largest absolute Gasteiger partial charge is 0.260 e. The molecule has 0 amide bonds. The highest BCUT2D eigenvalue weighted by Gasteiger charge is 1.98. The maximum absolute atomic E-state index is 4.34. The van der Waals surface area contributed by atoms with Crippen LogP contribution in [0.4, 0.5) is 0 Å². The van der Waals surface area contributed by atoms with E-state index in [2.05, 4.69) is 61.0 Å². The van der Waals surface area contributed by atoms with Gasteiger partial charge in [0.15, 0.2) is 0 Å². The predicted molar refractivity (Wildman–Crippen MR) is 64.9 cm³/mol. The van der Waals surface area contributed by atoms with Crippen LogP contribution < -0.4 is 0 Å². The fourth-order valence-electron chi connectivity index (χ4n) is 0.791. The first-order valence-electron chi connectivity index (χ1n) is 4.16. The Morgan fingerprint density at radius 2 is 2.17 bits per heavy atom. The second-order valence-electron chi connectivity index (χ2n) is 2.90. The molecule has 0 aliphatic carbocycles. The molecule has 0 N–H and O–H groups in total. The van der Waals surface area contributed by atoms with Crippen molar-refractivity contribution in [2.24, 2.45) is 10.9 Å². The molecule has 0 saturated heterocycles. The van der Waals surface area contributed by atoms with Crippen molar-refractivity contribution in [2.45, 2.75) is 27.2 Å². The summed E-state index contributed by atoms with van der Waals surface area (Å²) in [6.45, 7) is 10.2. The maximum Gasteiger partial charge on any atom is 0.0398 e. The minimum atomic E-state index is 0.497. The highest BCUT2D eigenvalue weighted by atomic mass is 127. The zero-order chi connectivity index (χ0) is 9.56. The van der Waals surface area contributed by atoms with Crippen LogP contribution in [-0.4, -0.2) is 6.21 Å². The quantitative estimate of drug-likeness (QED) is 0.545. The van der Waals surface area contributed by atoms with Gasteiger partial charge in [-0.1, -0.05) is 33.4 Å². The third kappa shape index (κ3) is 5.52. The van der Waals surface area contributed by atoms with Crippen molar-refractivity contribution in [2.75, 3.05) is 0 Å². The van der Waals surface area contributed by atoms with E-state index in [1.165, 1.54) is 0 Å². The van der Waals surface area contributed by atoms with Crippen molar-refractivity contribution in [1.82, 2.24) is 0 Å². The van der Waals surface area contributed by atoms with Crippen molar-refractivity contribution >= 4 is 28.8 Å².